The highest BCUT2D eigenvalue weighted by atomic mass is 16.1. The summed E-state index contributed by atoms with van der Waals surface area (Å²) in [5, 5.41) is 3.60. The molecule has 1 heterocycles. The van der Waals surface area contributed by atoms with Gasteiger partial charge in [-0.3, -0.25) is 9.69 Å². The monoisotopic (exact) mass is 272 g/mol. The number of fused-ring (bicyclic) bond motifs is 2. The Hall–Kier alpha value is -1.19. The van der Waals surface area contributed by atoms with Crippen LogP contribution in [0.1, 0.15) is 38.2 Å². The lowest BCUT2D eigenvalue weighted by Gasteiger charge is -2.37. The van der Waals surface area contributed by atoms with E-state index in [1.165, 1.54) is 31.2 Å². The molecule has 3 heteroatoms. The summed E-state index contributed by atoms with van der Waals surface area (Å²) in [6.45, 7) is 3.44. The number of rotatable bonds is 3. The zero-order chi connectivity index (χ0) is 13.9. The molecule has 1 N–H and O–H groups in total. The Morgan fingerprint density at radius 3 is 2.85 bits per heavy atom. The highest BCUT2D eigenvalue weighted by molar-refractivity contribution is 5.81. The smallest absolute Gasteiger partial charge is 0.148 e. The van der Waals surface area contributed by atoms with Gasteiger partial charge in [-0.2, -0.15) is 0 Å². The number of nitrogens with one attached hydrogen (secondary N) is 1. The van der Waals surface area contributed by atoms with E-state index in [0.29, 0.717) is 17.9 Å². The fourth-order valence-electron chi connectivity index (χ4n) is 3.71. The molecule has 0 radical (unpaired) electrons. The minimum atomic E-state index is 0.0308. The van der Waals surface area contributed by atoms with E-state index < -0.39 is 0 Å². The van der Waals surface area contributed by atoms with Crippen molar-refractivity contribution in [3.05, 3.63) is 35.9 Å². The molecular weight excluding hydrogens is 248 g/mol. The summed E-state index contributed by atoms with van der Waals surface area (Å²) < 4.78 is 0. The summed E-state index contributed by atoms with van der Waals surface area (Å²) in [7, 11) is 0. The number of benzene rings is 1. The Bertz CT molecular complexity index is 459. The first-order chi connectivity index (χ1) is 9.74. The summed E-state index contributed by atoms with van der Waals surface area (Å²) in [5.41, 5.74) is 1.31. The van der Waals surface area contributed by atoms with Crippen molar-refractivity contribution in [3.8, 4) is 0 Å². The quantitative estimate of drug-likeness (QED) is 0.917. The number of ketones is 1. The Morgan fingerprint density at radius 2 is 2.10 bits per heavy atom. The summed E-state index contributed by atoms with van der Waals surface area (Å²) in [5.74, 6) is 0.293. The van der Waals surface area contributed by atoms with E-state index in [1.807, 2.05) is 6.07 Å². The molecule has 108 valence electrons. The van der Waals surface area contributed by atoms with E-state index in [1.54, 1.807) is 6.92 Å². The maximum atomic E-state index is 12.1. The van der Waals surface area contributed by atoms with Gasteiger partial charge in [-0.1, -0.05) is 36.8 Å². The molecule has 1 aliphatic heterocycles. The van der Waals surface area contributed by atoms with Crippen molar-refractivity contribution in [2.24, 2.45) is 0 Å². The molecule has 0 spiro atoms. The van der Waals surface area contributed by atoms with Crippen LogP contribution in [0, 0.1) is 0 Å². The number of hydrogen-bond donors (Lipinski definition) is 1. The van der Waals surface area contributed by atoms with Crippen molar-refractivity contribution in [2.75, 3.05) is 6.54 Å². The molecule has 2 aliphatic rings. The fraction of sp³-hybridized carbons (Fsp3) is 0.588. The van der Waals surface area contributed by atoms with Crippen LogP contribution in [0.25, 0.3) is 0 Å². The summed E-state index contributed by atoms with van der Waals surface area (Å²) in [4.78, 5) is 14.5. The van der Waals surface area contributed by atoms with Gasteiger partial charge >= 0.3 is 0 Å². The summed E-state index contributed by atoms with van der Waals surface area (Å²) >= 11 is 0. The van der Waals surface area contributed by atoms with Gasteiger partial charge in [0.2, 0.25) is 0 Å². The highest BCUT2D eigenvalue weighted by Gasteiger charge is 2.36. The minimum absolute atomic E-state index is 0.0308. The lowest BCUT2D eigenvalue weighted by atomic mass is 9.90. The first-order valence-corrected chi connectivity index (χ1v) is 7.77. The molecule has 1 aliphatic carbocycles. The predicted molar refractivity (Wildman–Crippen MR) is 80.5 cm³/mol. The van der Waals surface area contributed by atoms with Gasteiger partial charge in [-0.05, 0) is 31.7 Å². The third-order valence-electron chi connectivity index (χ3n) is 4.79. The first kappa shape index (κ1) is 13.8. The van der Waals surface area contributed by atoms with Gasteiger partial charge in [0.25, 0.3) is 0 Å². The second-order valence-electron chi connectivity index (χ2n) is 6.21. The van der Waals surface area contributed by atoms with Crippen molar-refractivity contribution in [2.45, 2.75) is 57.3 Å². The van der Waals surface area contributed by atoms with E-state index in [-0.39, 0.29) is 6.04 Å². The number of nitrogens with zero attached hydrogens (tertiary/aromatic N) is 1. The van der Waals surface area contributed by atoms with Crippen LogP contribution in [-0.2, 0) is 11.3 Å². The van der Waals surface area contributed by atoms with Gasteiger partial charge in [0.05, 0.1) is 6.04 Å². The molecule has 0 aromatic heterocycles. The number of hydrogen-bond acceptors (Lipinski definition) is 3. The van der Waals surface area contributed by atoms with Crippen molar-refractivity contribution < 1.29 is 4.79 Å². The highest BCUT2D eigenvalue weighted by Crippen LogP contribution is 2.29. The lowest BCUT2D eigenvalue weighted by Crippen LogP contribution is -2.48. The van der Waals surface area contributed by atoms with Crippen LogP contribution in [-0.4, -0.2) is 35.4 Å². The number of carbonyl (C=O) groups is 1. The SMILES string of the molecule is CC(=O)C1CNC2CCCC(C2)N1Cc1ccccc1. The van der Waals surface area contributed by atoms with E-state index in [0.717, 1.165) is 13.1 Å². The molecule has 3 unspecified atom stereocenters. The maximum Gasteiger partial charge on any atom is 0.148 e. The van der Waals surface area contributed by atoms with Crippen molar-refractivity contribution in [1.82, 2.24) is 10.2 Å². The third-order valence-corrected chi connectivity index (χ3v) is 4.79. The zero-order valence-corrected chi connectivity index (χ0v) is 12.2. The first-order valence-electron chi connectivity index (χ1n) is 7.77. The standard InChI is InChI=1S/C17H24N2O/c1-13(20)17-11-18-15-8-5-9-16(10-15)19(17)12-14-6-3-2-4-7-14/h2-4,6-7,15-18H,5,8-12H2,1H3. The Balaban J connectivity index is 1.83. The average Bonchev–Trinajstić information content (AvgIpc) is 2.58. The van der Waals surface area contributed by atoms with Crippen LogP contribution in [0.5, 0.6) is 0 Å². The number of Topliss-reactive ketones (excluding diaryl/α,β-unsaturated/α-hetero) is 1. The van der Waals surface area contributed by atoms with Crippen LogP contribution in [0.3, 0.4) is 0 Å². The molecular formula is C17H24N2O. The molecule has 3 nitrogen and oxygen atoms in total. The van der Waals surface area contributed by atoms with E-state index in [9.17, 15) is 4.79 Å². The van der Waals surface area contributed by atoms with Gasteiger partial charge in [-0.15, -0.1) is 0 Å². The zero-order valence-electron chi connectivity index (χ0n) is 12.2. The lowest BCUT2D eigenvalue weighted by molar-refractivity contribution is -0.123. The van der Waals surface area contributed by atoms with Crippen molar-refractivity contribution in [3.63, 3.8) is 0 Å². The second kappa shape index (κ2) is 6.06. The molecule has 1 aromatic carbocycles. The molecule has 0 amide bonds. The predicted octanol–water partition coefficient (Wildman–Crippen LogP) is 2.36. The van der Waals surface area contributed by atoms with Crippen LogP contribution in [0.15, 0.2) is 30.3 Å². The summed E-state index contributed by atoms with van der Waals surface area (Å²) in [6.07, 6.45) is 4.96. The molecule has 2 fully saturated rings. The second-order valence-corrected chi connectivity index (χ2v) is 6.21. The largest absolute Gasteiger partial charge is 0.312 e. The molecule has 3 rings (SSSR count). The fourth-order valence-corrected chi connectivity index (χ4v) is 3.71. The third kappa shape index (κ3) is 2.94. The molecule has 2 bridgehead atoms. The van der Waals surface area contributed by atoms with Gasteiger partial charge in [0.1, 0.15) is 5.78 Å². The molecule has 1 saturated heterocycles. The van der Waals surface area contributed by atoms with E-state index in [4.69, 9.17) is 0 Å². The molecule has 1 saturated carbocycles. The Kier molecular flexibility index (Phi) is 4.18. The van der Waals surface area contributed by atoms with Gasteiger partial charge < -0.3 is 5.32 Å². The van der Waals surface area contributed by atoms with Crippen LogP contribution < -0.4 is 5.32 Å². The van der Waals surface area contributed by atoms with Crippen molar-refractivity contribution in [1.29, 1.82) is 0 Å². The molecule has 1 aromatic rings. The Labute approximate surface area is 121 Å². The van der Waals surface area contributed by atoms with Gasteiger partial charge in [0, 0.05) is 25.2 Å². The van der Waals surface area contributed by atoms with E-state index >= 15 is 0 Å². The number of carbonyl (C=O) groups excluding carboxylic acids is 1. The minimum Gasteiger partial charge on any atom is -0.312 e. The normalized spacial score (nSPS) is 30.8. The van der Waals surface area contributed by atoms with Gasteiger partial charge in [0.15, 0.2) is 0 Å². The average molecular weight is 272 g/mol. The topological polar surface area (TPSA) is 32.3 Å². The Morgan fingerprint density at radius 1 is 1.30 bits per heavy atom. The van der Waals surface area contributed by atoms with Crippen molar-refractivity contribution >= 4 is 5.78 Å². The van der Waals surface area contributed by atoms with Gasteiger partial charge in [-0.25, -0.2) is 0 Å². The molecule has 20 heavy (non-hydrogen) atoms. The maximum absolute atomic E-state index is 12.1. The summed E-state index contributed by atoms with van der Waals surface area (Å²) in [6, 6.07) is 11.7. The van der Waals surface area contributed by atoms with Crippen LogP contribution >= 0.6 is 0 Å². The van der Waals surface area contributed by atoms with Crippen LogP contribution in [0.2, 0.25) is 0 Å². The molecule has 3 atom stereocenters. The van der Waals surface area contributed by atoms with E-state index in [2.05, 4.69) is 34.5 Å². The van der Waals surface area contributed by atoms with Crippen LogP contribution in [0.4, 0.5) is 0 Å².